The number of aliphatic carboxylic acids is 1. The van der Waals surface area contributed by atoms with Crippen molar-refractivity contribution in [3.05, 3.63) is 71.7 Å². The summed E-state index contributed by atoms with van der Waals surface area (Å²) in [6, 6.07) is 13.5. The number of fused-ring (bicyclic) bond motifs is 1. The molecule has 1 unspecified atom stereocenters. The number of hydrogen-bond donors (Lipinski definition) is 1. The van der Waals surface area contributed by atoms with Crippen molar-refractivity contribution in [2.45, 2.75) is 23.1 Å². The van der Waals surface area contributed by atoms with Gasteiger partial charge in [0.05, 0.1) is 11.7 Å². The Bertz CT molecular complexity index is 1250. The number of rotatable bonds is 8. The predicted molar refractivity (Wildman–Crippen MR) is 124 cm³/mol. The first-order valence-electron chi connectivity index (χ1n) is 10.5. The Kier molecular flexibility index (Phi) is 6.24. The number of nitrogens with zero attached hydrogens (tertiary/aromatic N) is 6. The molecule has 34 heavy (non-hydrogen) atoms. The quantitative estimate of drug-likeness (QED) is 0.262. The van der Waals surface area contributed by atoms with Crippen LogP contribution in [0.1, 0.15) is 5.56 Å². The van der Waals surface area contributed by atoms with Crippen molar-refractivity contribution in [2.24, 2.45) is 7.05 Å². The number of aryl methyl sites for hydroxylation is 1. The van der Waals surface area contributed by atoms with E-state index in [2.05, 4.69) is 37.5 Å². The van der Waals surface area contributed by atoms with Crippen molar-refractivity contribution in [1.29, 1.82) is 0 Å². The zero-order chi connectivity index (χ0) is 23.7. The van der Waals surface area contributed by atoms with Crippen LogP contribution in [-0.2, 0) is 23.2 Å². The van der Waals surface area contributed by atoms with Crippen molar-refractivity contribution >= 4 is 41.1 Å². The van der Waals surface area contributed by atoms with E-state index in [9.17, 15) is 14.7 Å². The molecule has 1 aromatic carbocycles. The molecule has 2 aromatic heterocycles. The molecule has 1 saturated heterocycles. The number of aromatic nitrogens is 5. The minimum Gasteiger partial charge on any atom is -0.543 e. The molecule has 1 fully saturated rings. The van der Waals surface area contributed by atoms with Gasteiger partial charge in [-0.1, -0.05) is 42.1 Å². The summed E-state index contributed by atoms with van der Waals surface area (Å²) in [7, 11) is 1.71. The number of hydrogen-bond acceptors (Lipinski definition) is 9. The Labute approximate surface area is 204 Å². The fourth-order valence-corrected chi connectivity index (χ4v) is 6.25. The van der Waals surface area contributed by atoms with Crippen LogP contribution in [0.4, 0.5) is 5.69 Å². The first-order valence-corrected chi connectivity index (χ1v) is 12.6. The highest BCUT2D eigenvalue weighted by Gasteiger charge is 2.52. The molecular weight excluding hydrogens is 474 g/mol. The molecule has 0 bridgehead atoms. The average Bonchev–Trinajstić information content (AvgIpc) is 3.26. The molecular formula is C22H21N7O3S2. The summed E-state index contributed by atoms with van der Waals surface area (Å²) in [5.74, 6) is -0.773. The number of amides is 1. The second kappa shape index (κ2) is 9.47. The van der Waals surface area contributed by atoms with E-state index in [0.717, 1.165) is 12.2 Å². The van der Waals surface area contributed by atoms with E-state index in [1.807, 2.05) is 42.7 Å². The maximum Gasteiger partial charge on any atom is 0.253 e. The molecule has 2 aliphatic rings. The van der Waals surface area contributed by atoms with Gasteiger partial charge in [-0.15, -0.1) is 16.9 Å². The monoisotopic (exact) mass is 495 g/mol. The number of anilines is 1. The van der Waals surface area contributed by atoms with Gasteiger partial charge in [-0.3, -0.25) is 9.69 Å². The Morgan fingerprint density at radius 1 is 1.26 bits per heavy atom. The number of benzene rings is 1. The maximum atomic E-state index is 12.9. The number of tetrazole rings is 1. The van der Waals surface area contributed by atoms with Crippen molar-refractivity contribution in [2.75, 3.05) is 16.8 Å². The minimum absolute atomic E-state index is 0.0387. The highest BCUT2D eigenvalue weighted by Crippen LogP contribution is 2.42. The van der Waals surface area contributed by atoms with Gasteiger partial charge in [0.1, 0.15) is 11.4 Å². The number of carbonyl (C=O) groups is 2. The van der Waals surface area contributed by atoms with Gasteiger partial charge in [-0.25, -0.2) is 9.25 Å². The van der Waals surface area contributed by atoms with Crippen LogP contribution in [0.15, 0.2) is 71.3 Å². The standard InChI is InChI=1S/C22H21N7O3S2/c1-27-22(24-25-26-27)34-13-15-12-33-20-17(19(30)29(20)18(15)21(31)32)23-16-7-9-28(10-8-16)11-14-5-3-2-4-6-14/h2-10,17,20H,11-13H2,1H3,(H,31,32)/t17?,20-/m1/s1. The van der Waals surface area contributed by atoms with Gasteiger partial charge in [-0.2, -0.15) is 0 Å². The van der Waals surface area contributed by atoms with Crippen LogP contribution in [0.3, 0.4) is 0 Å². The number of β-lactam (4-membered cyclic amide) rings is 1. The molecule has 174 valence electrons. The van der Waals surface area contributed by atoms with Gasteiger partial charge in [0.15, 0.2) is 18.9 Å². The summed E-state index contributed by atoms with van der Waals surface area (Å²) in [5, 5.41) is 26.7. The summed E-state index contributed by atoms with van der Waals surface area (Å²) in [5.41, 5.74) is 2.59. The summed E-state index contributed by atoms with van der Waals surface area (Å²) >= 11 is 2.86. The van der Waals surface area contributed by atoms with Gasteiger partial charge in [0.2, 0.25) is 5.16 Å². The molecule has 0 spiro atoms. The van der Waals surface area contributed by atoms with E-state index in [1.165, 1.54) is 38.7 Å². The number of pyridine rings is 1. The molecule has 0 aliphatic carbocycles. The van der Waals surface area contributed by atoms with E-state index < -0.39 is 12.0 Å². The molecule has 1 N–H and O–H groups in total. The van der Waals surface area contributed by atoms with Crippen LogP contribution in [0.2, 0.25) is 0 Å². The van der Waals surface area contributed by atoms with E-state index in [0.29, 0.717) is 22.2 Å². The Hall–Kier alpha value is -3.38. The molecule has 4 heterocycles. The van der Waals surface area contributed by atoms with Gasteiger partial charge in [0.25, 0.3) is 5.91 Å². The molecule has 1 amide bonds. The lowest BCUT2D eigenvalue weighted by molar-refractivity contribution is -0.688. The second-order valence-corrected chi connectivity index (χ2v) is 9.94. The Morgan fingerprint density at radius 3 is 2.71 bits per heavy atom. The maximum absolute atomic E-state index is 12.9. The van der Waals surface area contributed by atoms with Crippen LogP contribution in [0, 0.1) is 0 Å². The zero-order valence-corrected chi connectivity index (χ0v) is 19.8. The van der Waals surface area contributed by atoms with Crippen molar-refractivity contribution in [3.63, 3.8) is 0 Å². The molecule has 3 aromatic rings. The summed E-state index contributed by atoms with van der Waals surface area (Å²) in [6.07, 6.45) is 3.90. The minimum atomic E-state index is -1.34. The topological polar surface area (TPSA) is 120 Å². The lowest BCUT2D eigenvalue weighted by Crippen LogP contribution is -2.68. The first kappa shape index (κ1) is 22.4. The van der Waals surface area contributed by atoms with E-state index in [4.69, 9.17) is 0 Å². The molecule has 12 heteroatoms. The number of carbonyl (C=O) groups excluding carboxylic acids is 2. The SMILES string of the molecule is Cn1nnnc1SCC1=C(C(=O)[O-])N2C(=O)C(Nc3cc[n+](Cc4ccccc4)cc3)[C@H]2SC1. The number of carboxylic acids is 1. The van der Waals surface area contributed by atoms with E-state index in [1.54, 1.807) is 7.05 Å². The molecule has 5 rings (SSSR count). The number of thioether (sulfide) groups is 2. The molecule has 2 atom stereocenters. The lowest BCUT2D eigenvalue weighted by Gasteiger charge is -2.51. The second-order valence-electron chi connectivity index (χ2n) is 7.89. The van der Waals surface area contributed by atoms with E-state index in [-0.39, 0.29) is 17.0 Å². The van der Waals surface area contributed by atoms with Crippen LogP contribution in [0.25, 0.3) is 0 Å². The summed E-state index contributed by atoms with van der Waals surface area (Å²) in [6.45, 7) is 0.751. The lowest BCUT2D eigenvalue weighted by atomic mass is 10.0. The fourth-order valence-electron chi connectivity index (χ4n) is 3.91. The van der Waals surface area contributed by atoms with Gasteiger partial charge in [-0.05, 0) is 16.0 Å². The Morgan fingerprint density at radius 2 is 2.03 bits per heavy atom. The predicted octanol–water partition coefficient (Wildman–Crippen LogP) is 0.0378. The number of carboxylic acid groups (broad SMARTS) is 1. The largest absolute Gasteiger partial charge is 0.543 e. The smallest absolute Gasteiger partial charge is 0.253 e. The van der Waals surface area contributed by atoms with Crippen molar-refractivity contribution in [3.8, 4) is 0 Å². The highest BCUT2D eigenvalue weighted by molar-refractivity contribution is 8.01. The van der Waals surface area contributed by atoms with Crippen LogP contribution < -0.4 is 15.0 Å². The van der Waals surface area contributed by atoms with Gasteiger partial charge in [0, 0.05) is 41.9 Å². The van der Waals surface area contributed by atoms with Crippen molar-refractivity contribution < 1.29 is 19.3 Å². The van der Waals surface area contributed by atoms with Gasteiger partial charge >= 0.3 is 0 Å². The van der Waals surface area contributed by atoms with E-state index >= 15 is 0 Å². The first-order chi connectivity index (χ1) is 16.5. The van der Waals surface area contributed by atoms with Gasteiger partial charge < -0.3 is 15.2 Å². The molecule has 2 aliphatic heterocycles. The fraction of sp³-hybridized carbons (Fsp3) is 0.273. The average molecular weight is 496 g/mol. The Balaban J connectivity index is 1.25. The third-order valence-electron chi connectivity index (χ3n) is 5.62. The summed E-state index contributed by atoms with van der Waals surface area (Å²) < 4.78 is 3.57. The third kappa shape index (κ3) is 4.38. The third-order valence-corrected chi connectivity index (χ3v) is 8.06. The van der Waals surface area contributed by atoms with Crippen LogP contribution in [-0.4, -0.2) is 59.9 Å². The molecule has 0 saturated carbocycles. The van der Waals surface area contributed by atoms with Crippen molar-refractivity contribution in [1.82, 2.24) is 25.1 Å². The molecule has 0 radical (unpaired) electrons. The van der Waals surface area contributed by atoms with Crippen LogP contribution >= 0.6 is 23.5 Å². The normalized spacial score (nSPS) is 19.6. The number of nitrogens with one attached hydrogen (secondary N) is 1. The highest BCUT2D eigenvalue weighted by atomic mass is 32.2. The zero-order valence-electron chi connectivity index (χ0n) is 18.2. The summed E-state index contributed by atoms with van der Waals surface area (Å²) in [4.78, 5) is 26.2. The van der Waals surface area contributed by atoms with Crippen LogP contribution in [0.5, 0.6) is 0 Å². The molecule has 10 nitrogen and oxygen atoms in total.